The molecule has 0 N–H and O–H groups in total. The van der Waals surface area contributed by atoms with Crippen LogP contribution in [0.15, 0.2) is 63.8 Å². The van der Waals surface area contributed by atoms with E-state index in [2.05, 4.69) is 16.4 Å². The van der Waals surface area contributed by atoms with Gasteiger partial charge in [0.15, 0.2) is 0 Å². The Morgan fingerprint density at radius 1 is 1.15 bits per heavy atom. The Morgan fingerprint density at radius 3 is 2.94 bits per heavy atom. The third-order valence-electron chi connectivity index (χ3n) is 5.95. The highest BCUT2D eigenvalue weighted by molar-refractivity contribution is 5.97. The van der Waals surface area contributed by atoms with Gasteiger partial charge in [0.05, 0.1) is 25.0 Å². The van der Waals surface area contributed by atoms with Gasteiger partial charge in [-0.3, -0.25) is 4.79 Å². The summed E-state index contributed by atoms with van der Waals surface area (Å²) in [7, 11) is 0. The second kappa shape index (κ2) is 9.46. The van der Waals surface area contributed by atoms with Crippen LogP contribution in [0.2, 0.25) is 0 Å². The van der Waals surface area contributed by atoms with Gasteiger partial charge in [0.25, 0.3) is 5.91 Å². The number of aromatic nitrogens is 2. The molecule has 1 fully saturated rings. The number of benzene rings is 2. The number of ether oxygens (including phenoxy) is 2. The SMILES string of the molecule is Cc1nonc1COc1ccccc1C(=O)N1CCOC[C@H](Cc2cccc3occc23)C1. The third-order valence-corrected chi connectivity index (χ3v) is 5.95. The van der Waals surface area contributed by atoms with E-state index in [1.165, 1.54) is 5.56 Å². The molecule has 8 heteroatoms. The Labute approximate surface area is 191 Å². The summed E-state index contributed by atoms with van der Waals surface area (Å²) in [4.78, 5) is 15.4. The van der Waals surface area contributed by atoms with E-state index < -0.39 is 0 Å². The van der Waals surface area contributed by atoms with E-state index in [-0.39, 0.29) is 18.4 Å². The van der Waals surface area contributed by atoms with E-state index in [4.69, 9.17) is 18.5 Å². The van der Waals surface area contributed by atoms with Crippen LogP contribution in [0.1, 0.15) is 27.3 Å². The highest BCUT2D eigenvalue weighted by Crippen LogP contribution is 2.26. The van der Waals surface area contributed by atoms with E-state index >= 15 is 0 Å². The zero-order valence-electron chi connectivity index (χ0n) is 18.4. The highest BCUT2D eigenvalue weighted by Gasteiger charge is 2.26. The molecular weight excluding hydrogens is 422 g/mol. The molecule has 3 heterocycles. The number of furan rings is 1. The minimum Gasteiger partial charge on any atom is -0.486 e. The van der Waals surface area contributed by atoms with Gasteiger partial charge in [0.1, 0.15) is 29.3 Å². The van der Waals surface area contributed by atoms with Crippen molar-refractivity contribution in [1.82, 2.24) is 15.2 Å². The predicted octanol–water partition coefficient (Wildman–Crippen LogP) is 4.03. The third kappa shape index (κ3) is 4.61. The maximum atomic E-state index is 13.5. The molecule has 2 aromatic carbocycles. The number of para-hydroxylation sites is 1. The van der Waals surface area contributed by atoms with E-state index in [1.54, 1.807) is 25.3 Å². The zero-order chi connectivity index (χ0) is 22.6. The lowest BCUT2D eigenvalue weighted by Crippen LogP contribution is -2.36. The lowest BCUT2D eigenvalue weighted by molar-refractivity contribution is 0.0732. The van der Waals surface area contributed by atoms with Crippen molar-refractivity contribution in [2.24, 2.45) is 5.92 Å². The minimum atomic E-state index is -0.0716. The Bertz CT molecular complexity index is 1250. The summed E-state index contributed by atoms with van der Waals surface area (Å²) in [5, 5.41) is 8.72. The van der Waals surface area contributed by atoms with Crippen molar-refractivity contribution in [3.8, 4) is 5.75 Å². The number of amides is 1. The van der Waals surface area contributed by atoms with Gasteiger partial charge in [0, 0.05) is 24.4 Å². The number of rotatable bonds is 6. The van der Waals surface area contributed by atoms with Crippen LogP contribution in [0, 0.1) is 12.8 Å². The first-order valence-electron chi connectivity index (χ1n) is 11.0. The Balaban J connectivity index is 1.32. The number of hydrogen-bond donors (Lipinski definition) is 0. The molecule has 2 aromatic heterocycles. The number of fused-ring (bicyclic) bond motifs is 1. The molecule has 170 valence electrons. The summed E-state index contributed by atoms with van der Waals surface area (Å²) in [6.07, 6.45) is 2.51. The molecule has 1 amide bonds. The average molecular weight is 447 g/mol. The van der Waals surface area contributed by atoms with Crippen molar-refractivity contribution in [3.05, 3.63) is 77.3 Å². The van der Waals surface area contributed by atoms with Crippen LogP contribution in [0.25, 0.3) is 11.0 Å². The van der Waals surface area contributed by atoms with E-state index in [9.17, 15) is 4.79 Å². The molecule has 8 nitrogen and oxygen atoms in total. The topological polar surface area (TPSA) is 90.8 Å². The molecule has 0 saturated carbocycles. The molecule has 1 atom stereocenters. The average Bonchev–Trinajstić information content (AvgIpc) is 3.42. The van der Waals surface area contributed by atoms with Gasteiger partial charge in [-0.05, 0) is 43.2 Å². The van der Waals surface area contributed by atoms with Gasteiger partial charge in [-0.15, -0.1) is 0 Å². The van der Waals surface area contributed by atoms with Crippen LogP contribution in [-0.2, 0) is 17.8 Å². The molecule has 1 aliphatic heterocycles. The van der Waals surface area contributed by atoms with Gasteiger partial charge in [-0.25, -0.2) is 4.63 Å². The van der Waals surface area contributed by atoms with Gasteiger partial charge >= 0.3 is 0 Å². The standard InChI is InChI=1S/C25H25N3O5/c1-17-22(27-33-26-17)16-32-24-7-3-2-6-21(24)25(29)28-10-12-30-15-18(14-28)13-19-5-4-8-23-20(19)9-11-31-23/h2-9,11,18H,10,12-16H2,1H3/t18-/m1/s1. The molecule has 33 heavy (non-hydrogen) atoms. The summed E-state index contributed by atoms with van der Waals surface area (Å²) in [6, 6.07) is 15.3. The molecule has 0 unspecified atom stereocenters. The van der Waals surface area contributed by atoms with Gasteiger partial charge in [-0.1, -0.05) is 34.6 Å². The van der Waals surface area contributed by atoms with Crippen LogP contribution in [0.3, 0.4) is 0 Å². The molecule has 4 aromatic rings. The van der Waals surface area contributed by atoms with Gasteiger partial charge in [0.2, 0.25) is 0 Å². The summed E-state index contributed by atoms with van der Waals surface area (Å²) in [5.74, 6) is 0.612. The lowest BCUT2D eigenvalue weighted by Gasteiger charge is -2.25. The maximum Gasteiger partial charge on any atom is 0.257 e. The molecule has 1 aliphatic rings. The monoisotopic (exact) mass is 447 g/mol. The number of nitrogens with zero attached hydrogens (tertiary/aromatic N) is 3. The minimum absolute atomic E-state index is 0.0716. The molecule has 0 spiro atoms. The number of hydrogen-bond acceptors (Lipinski definition) is 7. The number of carbonyl (C=O) groups is 1. The quantitative estimate of drug-likeness (QED) is 0.441. The van der Waals surface area contributed by atoms with E-state index in [0.29, 0.717) is 49.0 Å². The van der Waals surface area contributed by atoms with Crippen LogP contribution < -0.4 is 4.74 Å². The largest absolute Gasteiger partial charge is 0.486 e. The van der Waals surface area contributed by atoms with Crippen molar-refractivity contribution >= 4 is 16.9 Å². The van der Waals surface area contributed by atoms with E-state index in [1.807, 2.05) is 35.2 Å². The summed E-state index contributed by atoms with van der Waals surface area (Å²) >= 11 is 0. The predicted molar refractivity (Wildman–Crippen MR) is 120 cm³/mol. The van der Waals surface area contributed by atoms with Crippen molar-refractivity contribution in [2.75, 3.05) is 26.3 Å². The van der Waals surface area contributed by atoms with Crippen LogP contribution in [-0.4, -0.2) is 47.4 Å². The Morgan fingerprint density at radius 2 is 2.06 bits per heavy atom. The van der Waals surface area contributed by atoms with Crippen molar-refractivity contribution in [3.63, 3.8) is 0 Å². The molecule has 1 saturated heterocycles. The van der Waals surface area contributed by atoms with Crippen LogP contribution in [0.4, 0.5) is 0 Å². The lowest BCUT2D eigenvalue weighted by atomic mass is 9.97. The first kappa shape index (κ1) is 21.2. The molecule has 5 rings (SSSR count). The fourth-order valence-corrected chi connectivity index (χ4v) is 4.20. The Hall–Kier alpha value is -3.65. The normalized spacial score (nSPS) is 16.6. The van der Waals surface area contributed by atoms with Crippen LogP contribution in [0.5, 0.6) is 5.75 Å². The molecule has 0 aliphatic carbocycles. The fourth-order valence-electron chi connectivity index (χ4n) is 4.20. The Kier molecular flexibility index (Phi) is 6.08. The highest BCUT2D eigenvalue weighted by atomic mass is 16.6. The van der Waals surface area contributed by atoms with Gasteiger partial charge in [-0.2, -0.15) is 0 Å². The second-order valence-electron chi connectivity index (χ2n) is 8.23. The molecule has 0 bridgehead atoms. The maximum absolute atomic E-state index is 13.5. The smallest absolute Gasteiger partial charge is 0.257 e. The van der Waals surface area contributed by atoms with Crippen molar-refractivity contribution in [2.45, 2.75) is 20.0 Å². The fraction of sp³-hybridized carbons (Fsp3) is 0.320. The first-order chi connectivity index (χ1) is 16.2. The second-order valence-corrected chi connectivity index (χ2v) is 8.23. The summed E-state index contributed by atoms with van der Waals surface area (Å²) < 4.78 is 22.0. The first-order valence-corrected chi connectivity index (χ1v) is 11.0. The molecule has 0 radical (unpaired) electrons. The van der Waals surface area contributed by atoms with E-state index in [0.717, 1.165) is 17.4 Å². The summed E-state index contributed by atoms with van der Waals surface area (Å²) in [5.41, 5.74) is 3.86. The van der Waals surface area contributed by atoms with Crippen molar-refractivity contribution < 1.29 is 23.3 Å². The zero-order valence-corrected chi connectivity index (χ0v) is 18.4. The van der Waals surface area contributed by atoms with Crippen molar-refractivity contribution in [1.29, 1.82) is 0 Å². The van der Waals surface area contributed by atoms with Gasteiger partial charge < -0.3 is 18.8 Å². The molecular formula is C25H25N3O5. The van der Waals surface area contributed by atoms with Crippen LogP contribution >= 0.6 is 0 Å². The number of carbonyl (C=O) groups excluding carboxylic acids is 1. The number of aryl methyl sites for hydroxylation is 1. The summed E-state index contributed by atoms with van der Waals surface area (Å²) in [6.45, 7) is 4.23.